The molecule has 134 valence electrons. The lowest BCUT2D eigenvalue weighted by atomic mass is 10.1. The van der Waals surface area contributed by atoms with Gasteiger partial charge in [-0.15, -0.1) is 0 Å². The molecule has 0 aliphatic heterocycles. The number of rotatable bonds is 6. The van der Waals surface area contributed by atoms with Gasteiger partial charge in [-0.3, -0.25) is 4.79 Å². The lowest BCUT2D eigenvalue weighted by molar-refractivity contribution is -0.121. The van der Waals surface area contributed by atoms with E-state index in [1.165, 1.54) is 6.07 Å². The molecule has 3 rings (SSSR count). The number of benzene rings is 2. The van der Waals surface area contributed by atoms with E-state index in [1.54, 1.807) is 31.3 Å². The minimum Gasteiger partial charge on any atom is -0.441 e. The summed E-state index contributed by atoms with van der Waals surface area (Å²) in [4.78, 5) is 16.2. The van der Waals surface area contributed by atoms with Gasteiger partial charge >= 0.3 is 0 Å². The van der Waals surface area contributed by atoms with Gasteiger partial charge in [0.2, 0.25) is 5.91 Å². The van der Waals surface area contributed by atoms with E-state index in [0.29, 0.717) is 28.7 Å². The van der Waals surface area contributed by atoms with Crippen molar-refractivity contribution >= 4 is 17.5 Å². The highest BCUT2D eigenvalue weighted by atomic mass is 35.5. The third kappa shape index (κ3) is 4.49. The van der Waals surface area contributed by atoms with Crippen LogP contribution in [-0.2, 0) is 17.8 Å². The van der Waals surface area contributed by atoms with Gasteiger partial charge in [0, 0.05) is 24.9 Å². The van der Waals surface area contributed by atoms with Crippen LogP contribution in [0, 0.1) is 12.7 Å². The van der Waals surface area contributed by atoms with Crippen LogP contribution in [-0.4, -0.2) is 10.9 Å². The van der Waals surface area contributed by atoms with E-state index in [-0.39, 0.29) is 24.7 Å². The molecule has 0 saturated heterocycles. The van der Waals surface area contributed by atoms with Crippen molar-refractivity contribution in [3.63, 3.8) is 0 Å². The average molecular weight is 373 g/mol. The maximum atomic E-state index is 13.5. The number of aryl methyl sites for hydroxylation is 2. The maximum Gasteiger partial charge on any atom is 0.220 e. The molecule has 0 unspecified atom stereocenters. The van der Waals surface area contributed by atoms with Gasteiger partial charge in [0.15, 0.2) is 11.7 Å². The number of nitrogens with one attached hydrogen (secondary N) is 1. The van der Waals surface area contributed by atoms with Crippen molar-refractivity contribution in [1.29, 1.82) is 0 Å². The Balaban J connectivity index is 1.52. The highest BCUT2D eigenvalue weighted by Crippen LogP contribution is 2.28. The molecule has 0 fully saturated rings. The van der Waals surface area contributed by atoms with Gasteiger partial charge in [-0.2, -0.15) is 0 Å². The number of hydrogen-bond donors (Lipinski definition) is 1. The van der Waals surface area contributed by atoms with Crippen LogP contribution in [0.4, 0.5) is 4.39 Å². The van der Waals surface area contributed by atoms with Crippen molar-refractivity contribution in [2.75, 3.05) is 0 Å². The van der Waals surface area contributed by atoms with Crippen molar-refractivity contribution in [2.45, 2.75) is 26.3 Å². The summed E-state index contributed by atoms with van der Waals surface area (Å²) in [7, 11) is 0. The summed E-state index contributed by atoms with van der Waals surface area (Å²) in [6.45, 7) is 1.98. The zero-order chi connectivity index (χ0) is 18.5. The van der Waals surface area contributed by atoms with Crippen molar-refractivity contribution in [3.05, 3.63) is 76.5 Å². The van der Waals surface area contributed by atoms with Gasteiger partial charge in [-0.1, -0.05) is 35.9 Å². The first-order chi connectivity index (χ1) is 12.5. The first-order valence-corrected chi connectivity index (χ1v) is 8.62. The lowest BCUT2D eigenvalue weighted by Gasteiger charge is -2.06. The zero-order valence-electron chi connectivity index (χ0n) is 14.3. The number of carbonyl (C=O) groups is 1. The lowest BCUT2D eigenvalue weighted by Crippen LogP contribution is -2.23. The highest BCUT2D eigenvalue weighted by molar-refractivity contribution is 6.33. The number of nitrogens with zero attached hydrogens (tertiary/aromatic N) is 1. The minimum absolute atomic E-state index is 0.150. The van der Waals surface area contributed by atoms with Crippen molar-refractivity contribution in [3.8, 4) is 11.3 Å². The Kier molecular flexibility index (Phi) is 5.68. The molecular formula is C20H18ClFN2O2. The molecule has 1 heterocycles. The molecule has 1 N–H and O–H groups in total. The monoisotopic (exact) mass is 372 g/mol. The number of amides is 1. The fraction of sp³-hybridized carbons (Fsp3) is 0.200. The minimum atomic E-state index is -0.274. The number of halogens is 2. The van der Waals surface area contributed by atoms with Crippen LogP contribution in [0.1, 0.15) is 23.4 Å². The largest absolute Gasteiger partial charge is 0.441 e. The SMILES string of the molecule is Cc1ccc(CNC(=O)CCc2ncc(-c3ccccc3Cl)o2)cc1F. The van der Waals surface area contributed by atoms with E-state index in [0.717, 1.165) is 11.1 Å². The van der Waals surface area contributed by atoms with Crippen LogP contribution in [0.15, 0.2) is 53.1 Å². The summed E-state index contributed by atoms with van der Waals surface area (Å²) >= 11 is 6.14. The van der Waals surface area contributed by atoms with Crippen molar-refractivity contribution in [2.24, 2.45) is 0 Å². The van der Waals surface area contributed by atoms with Crippen LogP contribution < -0.4 is 5.32 Å². The fourth-order valence-corrected chi connectivity index (χ4v) is 2.70. The van der Waals surface area contributed by atoms with Gasteiger partial charge in [0.25, 0.3) is 0 Å². The molecule has 3 aromatic rings. The van der Waals surface area contributed by atoms with Gasteiger partial charge in [-0.25, -0.2) is 9.37 Å². The molecule has 0 atom stereocenters. The summed E-state index contributed by atoms with van der Waals surface area (Å²) in [5.41, 5.74) is 2.07. The molecule has 6 heteroatoms. The third-order valence-corrected chi connectivity index (χ3v) is 4.31. The molecule has 1 amide bonds. The average Bonchev–Trinajstić information content (AvgIpc) is 3.10. The molecule has 4 nitrogen and oxygen atoms in total. The van der Waals surface area contributed by atoms with E-state index in [2.05, 4.69) is 10.3 Å². The van der Waals surface area contributed by atoms with Crippen LogP contribution >= 0.6 is 11.6 Å². The number of hydrogen-bond acceptors (Lipinski definition) is 3. The normalized spacial score (nSPS) is 10.7. The van der Waals surface area contributed by atoms with Crippen LogP contribution in [0.5, 0.6) is 0 Å². The predicted octanol–water partition coefficient (Wildman–Crippen LogP) is 4.69. The molecular weight excluding hydrogens is 355 g/mol. The fourth-order valence-electron chi connectivity index (χ4n) is 2.47. The van der Waals surface area contributed by atoms with Gasteiger partial charge < -0.3 is 9.73 Å². The van der Waals surface area contributed by atoms with E-state index in [1.807, 2.05) is 18.2 Å². The Morgan fingerprint density at radius 1 is 1.27 bits per heavy atom. The smallest absolute Gasteiger partial charge is 0.220 e. The summed E-state index contributed by atoms with van der Waals surface area (Å²) in [6.07, 6.45) is 2.21. The third-order valence-electron chi connectivity index (χ3n) is 3.98. The quantitative estimate of drug-likeness (QED) is 0.682. The Morgan fingerprint density at radius 2 is 2.08 bits per heavy atom. The topological polar surface area (TPSA) is 55.1 Å². The maximum absolute atomic E-state index is 13.5. The summed E-state index contributed by atoms with van der Waals surface area (Å²) < 4.78 is 19.2. The van der Waals surface area contributed by atoms with Crippen LogP contribution in [0.25, 0.3) is 11.3 Å². The van der Waals surface area contributed by atoms with Crippen LogP contribution in [0.2, 0.25) is 5.02 Å². The molecule has 0 saturated carbocycles. The van der Waals surface area contributed by atoms with Gasteiger partial charge in [0.1, 0.15) is 5.82 Å². The Labute approximate surface area is 156 Å². The van der Waals surface area contributed by atoms with E-state index in [9.17, 15) is 9.18 Å². The summed E-state index contributed by atoms with van der Waals surface area (Å²) in [5, 5.41) is 3.35. The first kappa shape index (κ1) is 18.1. The van der Waals surface area contributed by atoms with Crippen LogP contribution in [0.3, 0.4) is 0 Å². The molecule has 1 aromatic heterocycles. The number of aromatic nitrogens is 1. The number of carbonyl (C=O) groups excluding carboxylic acids is 1. The second kappa shape index (κ2) is 8.15. The molecule has 0 aliphatic rings. The molecule has 26 heavy (non-hydrogen) atoms. The first-order valence-electron chi connectivity index (χ1n) is 8.24. The van der Waals surface area contributed by atoms with Gasteiger partial charge in [-0.05, 0) is 36.2 Å². The molecule has 2 aromatic carbocycles. The molecule has 0 spiro atoms. The van der Waals surface area contributed by atoms with E-state index in [4.69, 9.17) is 16.0 Å². The van der Waals surface area contributed by atoms with Gasteiger partial charge in [0.05, 0.1) is 11.2 Å². The Hall–Kier alpha value is -2.66. The van der Waals surface area contributed by atoms with Crippen molar-refractivity contribution < 1.29 is 13.6 Å². The van der Waals surface area contributed by atoms with Crippen molar-refractivity contribution in [1.82, 2.24) is 10.3 Å². The zero-order valence-corrected chi connectivity index (χ0v) is 15.0. The highest BCUT2D eigenvalue weighted by Gasteiger charge is 2.11. The van der Waals surface area contributed by atoms with E-state index >= 15 is 0 Å². The predicted molar refractivity (Wildman–Crippen MR) is 98.3 cm³/mol. The summed E-state index contributed by atoms with van der Waals surface area (Å²) in [5.74, 6) is 0.615. The Morgan fingerprint density at radius 3 is 2.85 bits per heavy atom. The molecule has 0 radical (unpaired) electrons. The van der Waals surface area contributed by atoms with E-state index < -0.39 is 0 Å². The second-order valence-electron chi connectivity index (χ2n) is 5.96. The standard InChI is InChI=1S/C20H18ClFN2O2/c1-13-6-7-14(10-17(13)22)11-23-19(25)8-9-20-24-12-18(26-20)15-4-2-3-5-16(15)21/h2-7,10,12H,8-9,11H2,1H3,(H,23,25). The molecule has 0 bridgehead atoms. The molecule has 0 aliphatic carbocycles. The Bertz CT molecular complexity index is 924. The second-order valence-corrected chi connectivity index (χ2v) is 6.37. The number of oxazole rings is 1. The summed E-state index contributed by atoms with van der Waals surface area (Å²) in [6, 6.07) is 12.3.